The molecular weight excluding hydrogens is 1610 g/mol. The number of aryl methyl sites for hydroxylation is 4. The molecule has 0 aliphatic rings. The van der Waals surface area contributed by atoms with Crippen LogP contribution in [0.25, 0.3) is 110 Å². The zero-order valence-corrected chi connectivity index (χ0v) is 71.4. The van der Waals surface area contributed by atoms with E-state index in [1.807, 2.05) is 147 Å². The van der Waals surface area contributed by atoms with Crippen LogP contribution in [0.3, 0.4) is 0 Å². The number of nitrogens with zero attached hydrogens (tertiary/aromatic N) is 6. The Kier molecular flexibility index (Phi) is 34.0. The molecule has 5 heterocycles. The number of urea groups is 1. The summed E-state index contributed by atoms with van der Waals surface area (Å²) in [5, 5.41) is 60.6. The monoisotopic (exact) mass is 1700 g/mol. The Balaban J connectivity index is 0.000000227. The van der Waals surface area contributed by atoms with E-state index in [2.05, 4.69) is 74.5 Å². The molecule has 2 amide bonds. The van der Waals surface area contributed by atoms with Gasteiger partial charge in [-0.15, -0.1) is 49.6 Å². The molecule has 0 fully saturated rings. The molecule has 0 saturated carbocycles. The van der Waals surface area contributed by atoms with Crippen LogP contribution in [0.2, 0.25) is 0 Å². The van der Waals surface area contributed by atoms with Crippen molar-refractivity contribution >= 4 is 115 Å². The van der Waals surface area contributed by atoms with Gasteiger partial charge in [-0.25, -0.2) is 9.36 Å². The number of benzene rings is 10. The standard InChI is InChI=1S/C21H23N3O3.C19H19NO4.C18H18NO2.C17H15NO2.C16H13NO4.5ClH/c1-13-16-12-20(27-5)19(26-4)11-14(16)10-18(22-13)15-8-6-7-9-17(15)23-21(25)24(2)3;1-11-14-10-19(24-4)18(23-3)9-13(14)7-15(20-11)12-5-6-16(21)17(8-12)22-2;1-19-12-15-11-18(21-3)17(20-2)10-14(15)9-16(19)13-7-5-4-6-8-13;1-19-16-9-13-8-15(12-6-4-3-5-7-12)18-11-14(13)10-17(16)20-2;1-8-11-7-16(21)15(20)6-10(11)4-12(17-8)9-2-3-13(18)14(19)5-9;;;;;/h6-12H,1-5H3,(H,23,25);5-10,21H,1-4H3;4-12H,1-3H3;3-11H,1-2H3;2-7,18-21H,1H3;5*1H/q;;+1;;;;;;;/p-1. The van der Waals surface area contributed by atoms with Gasteiger partial charge in [0.2, 0.25) is 5.69 Å². The summed E-state index contributed by atoms with van der Waals surface area (Å²) in [5.41, 5.74) is 12.1. The molecule has 27 heteroatoms. The Labute approximate surface area is 715 Å². The van der Waals surface area contributed by atoms with Gasteiger partial charge >= 0.3 is 6.03 Å². The molecule has 616 valence electrons. The smallest absolute Gasteiger partial charge is 0.321 e. The molecule has 6 N–H and O–H groups in total. The minimum absolute atomic E-state index is 0. The number of methoxy groups -OCH3 is 9. The van der Waals surface area contributed by atoms with Crippen molar-refractivity contribution < 1.29 is 89.9 Å². The molecule has 0 atom stereocenters. The number of aromatic hydroxyl groups is 5. The van der Waals surface area contributed by atoms with Crippen LogP contribution in [-0.4, -0.2) is 134 Å². The highest BCUT2D eigenvalue weighted by atomic mass is 35.5. The largest absolute Gasteiger partial charge is 1.00 e. The van der Waals surface area contributed by atoms with Gasteiger partial charge in [0.15, 0.2) is 86.7 Å². The highest BCUT2D eigenvalue weighted by Crippen LogP contribution is 2.42. The first-order valence-electron chi connectivity index (χ1n) is 35.6. The summed E-state index contributed by atoms with van der Waals surface area (Å²) in [6.07, 6.45) is 3.97. The quantitative estimate of drug-likeness (QED) is 0.0411. The lowest BCUT2D eigenvalue weighted by atomic mass is 10.0. The molecule has 0 spiro atoms. The van der Waals surface area contributed by atoms with Crippen LogP contribution in [-0.2, 0) is 7.05 Å². The Morgan fingerprint density at radius 1 is 0.347 bits per heavy atom. The normalized spacial score (nSPS) is 10.2. The first-order valence-corrected chi connectivity index (χ1v) is 35.6. The Morgan fingerprint density at radius 3 is 1.21 bits per heavy atom. The number of halogens is 5. The number of carbonyl (C=O) groups excluding carboxylic acids is 1. The van der Waals surface area contributed by atoms with Crippen molar-refractivity contribution in [2.24, 2.45) is 7.05 Å². The third kappa shape index (κ3) is 21.6. The maximum Gasteiger partial charge on any atom is 0.321 e. The van der Waals surface area contributed by atoms with Crippen molar-refractivity contribution in [3.05, 3.63) is 242 Å². The number of phenols is 5. The number of rotatable bonds is 15. The van der Waals surface area contributed by atoms with Crippen LogP contribution in [0.5, 0.6) is 80.5 Å². The fourth-order valence-electron chi connectivity index (χ4n) is 12.7. The predicted octanol–water partition coefficient (Wildman–Crippen LogP) is 17.3. The van der Waals surface area contributed by atoms with E-state index in [0.29, 0.717) is 57.1 Å². The number of ether oxygens (including phenoxy) is 9. The van der Waals surface area contributed by atoms with E-state index in [1.54, 1.807) is 102 Å². The van der Waals surface area contributed by atoms with Crippen LogP contribution in [0.15, 0.2) is 225 Å². The molecule has 0 aliphatic heterocycles. The molecule has 0 saturated heterocycles. The fraction of sp³-hybridized carbons (Fsp3) is 0.165. The van der Waals surface area contributed by atoms with E-state index in [1.165, 1.54) is 41.8 Å². The number of hydrogen-bond donors (Lipinski definition) is 6. The van der Waals surface area contributed by atoms with Crippen LogP contribution in [0, 0.1) is 20.8 Å². The van der Waals surface area contributed by atoms with Gasteiger partial charge in [-0.1, -0.05) is 66.7 Å². The summed E-state index contributed by atoms with van der Waals surface area (Å²) in [6, 6.07) is 66.1. The van der Waals surface area contributed by atoms with Gasteiger partial charge in [0.25, 0.3) is 0 Å². The fourth-order valence-corrected chi connectivity index (χ4v) is 12.7. The molecule has 0 radical (unpaired) electrons. The van der Waals surface area contributed by atoms with Gasteiger partial charge in [0.1, 0.15) is 7.05 Å². The maximum absolute atomic E-state index is 12.1. The van der Waals surface area contributed by atoms with Gasteiger partial charge in [-0.3, -0.25) is 19.9 Å². The highest BCUT2D eigenvalue weighted by Gasteiger charge is 2.20. The summed E-state index contributed by atoms with van der Waals surface area (Å²) in [5.74, 6) is 5.32. The number of fused-ring (bicyclic) bond motifs is 5. The topological polar surface area (TPSA) is 272 Å². The SMILES string of the molecule is COc1cc(-c2cc3cc(OC)c(OC)cc3c(C)n2)ccc1O.COc1cc2cc(-c3ccccc3)[n+](C)cc2cc1OC.COc1cc2cc(-c3ccccc3NC(=O)N(C)C)nc(C)c2cc1OC.COc1cc2cnc(-c3ccccc3)cc2cc1OC.Cc1nc(-c2ccc(O)c(O)c2)cc2cc(O)c(O)cc12.Cl.Cl.Cl.Cl.[Cl-]. The summed E-state index contributed by atoms with van der Waals surface area (Å²) in [4.78, 5) is 32.0. The number of para-hydroxylation sites is 1. The van der Waals surface area contributed by atoms with Crippen molar-refractivity contribution in [1.29, 1.82) is 0 Å². The minimum atomic E-state index is -0.222. The molecule has 5 aromatic heterocycles. The lowest BCUT2D eigenvalue weighted by Crippen LogP contribution is -3.00. The second-order valence-electron chi connectivity index (χ2n) is 26.1. The molecule has 15 rings (SSSR count). The predicted molar refractivity (Wildman–Crippen MR) is 472 cm³/mol. The maximum atomic E-state index is 12.1. The van der Waals surface area contributed by atoms with E-state index >= 15 is 0 Å². The summed E-state index contributed by atoms with van der Waals surface area (Å²) < 4.78 is 50.3. The lowest BCUT2D eigenvalue weighted by Gasteiger charge is -2.16. The molecule has 22 nitrogen and oxygen atoms in total. The van der Waals surface area contributed by atoms with E-state index < -0.39 is 0 Å². The molecule has 118 heavy (non-hydrogen) atoms. The van der Waals surface area contributed by atoms with Crippen molar-refractivity contribution in [1.82, 2.24) is 24.8 Å². The summed E-state index contributed by atoms with van der Waals surface area (Å²) in [7, 11) is 20.0. The molecular formula is C91H92Cl5N7O15. The van der Waals surface area contributed by atoms with E-state index in [0.717, 1.165) is 122 Å². The van der Waals surface area contributed by atoms with Gasteiger partial charge < -0.3 is 90.8 Å². The second kappa shape index (κ2) is 42.7. The van der Waals surface area contributed by atoms with Crippen LogP contribution >= 0.6 is 49.6 Å². The zero-order valence-electron chi connectivity index (χ0n) is 67.4. The van der Waals surface area contributed by atoms with E-state index in [4.69, 9.17) is 47.6 Å². The van der Waals surface area contributed by atoms with Gasteiger partial charge in [0, 0.05) is 98.2 Å². The first-order chi connectivity index (χ1) is 54.5. The van der Waals surface area contributed by atoms with Crippen molar-refractivity contribution in [2.75, 3.05) is 83.4 Å². The first kappa shape index (κ1) is 94.0. The average Bonchev–Trinajstić information content (AvgIpc) is 0.791. The molecule has 0 unspecified atom stereocenters. The number of aromatic nitrogens is 5. The zero-order chi connectivity index (χ0) is 80.7. The number of nitrogens with one attached hydrogen (secondary N) is 1. The van der Waals surface area contributed by atoms with Crippen LogP contribution < -0.4 is 64.9 Å². The summed E-state index contributed by atoms with van der Waals surface area (Å²) >= 11 is 0. The number of anilines is 1. The number of pyridine rings is 5. The third-order valence-electron chi connectivity index (χ3n) is 18.7. The van der Waals surface area contributed by atoms with Gasteiger partial charge in [-0.05, 0) is 187 Å². The number of phenolic OH excluding ortho intramolecular Hbond substituents is 5. The average molecular weight is 1700 g/mol. The molecule has 15 aromatic rings. The Morgan fingerprint density at radius 2 is 0.720 bits per heavy atom. The van der Waals surface area contributed by atoms with Gasteiger partial charge in [-0.2, -0.15) is 0 Å². The van der Waals surface area contributed by atoms with Crippen molar-refractivity contribution in [3.8, 4) is 137 Å². The van der Waals surface area contributed by atoms with Crippen molar-refractivity contribution in [2.45, 2.75) is 20.8 Å². The molecule has 0 aliphatic carbocycles. The third-order valence-corrected chi connectivity index (χ3v) is 18.7. The Bertz CT molecular complexity index is 6000. The Hall–Kier alpha value is -12.8. The van der Waals surface area contributed by atoms with Crippen molar-refractivity contribution in [3.63, 3.8) is 0 Å². The highest BCUT2D eigenvalue weighted by molar-refractivity contribution is 5.98. The molecule has 10 aromatic carbocycles. The summed E-state index contributed by atoms with van der Waals surface area (Å²) in [6.45, 7) is 5.71. The van der Waals surface area contributed by atoms with Crippen LogP contribution in [0.1, 0.15) is 17.1 Å². The van der Waals surface area contributed by atoms with E-state index in [-0.39, 0.29) is 96.8 Å². The number of amides is 2. The second-order valence-corrected chi connectivity index (χ2v) is 26.1. The van der Waals surface area contributed by atoms with E-state index in [9.17, 15) is 30.3 Å². The van der Waals surface area contributed by atoms with Gasteiger partial charge in [0.05, 0.1) is 92.5 Å². The minimum Gasteiger partial charge on any atom is -1.00 e. The lowest BCUT2D eigenvalue weighted by molar-refractivity contribution is -0.659. The van der Waals surface area contributed by atoms with Crippen LogP contribution in [0.4, 0.5) is 10.5 Å². The molecule has 0 bridgehead atoms. The number of hydrogen-bond acceptors (Lipinski definition) is 19. The number of carbonyl (C=O) groups is 1.